The van der Waals surface area contributed by atoms with Gasteiger partial charge in [-0.15, -0.1) is 0 Å². The molecule has 1 fully saturated rings. The summed E-state index contributed by atoms with van der Waals surface area (Å²) in [5.74, 6) is 0.387. The molecule has 1 atom stereocenters. The van der Waals surface area contributed by atoms with E-state index in [0.717, 1.165) is 31.2 Å². The summed E-state index contributed by atoms with van der Waals surface area (Å²) in [5.41, 5.74) is 0.993. The van der Waals surface area contributed by atoms with Crippen molar-refractivity contribution in [3.63, 3.8) is 0 Å². The van der Waals surface area contributed by atoms with Gasteiger partial charge < -0.3 is 15.0 Å². The number of nitrogens with one attached hydrogen (secondary N) is 1. The van der Waals surface area contributed by atoms with Crippen LogP contribution in [-0.4, -0.2) is 35.4 Å². The molecule has 1 aliphatic carbocycles. The lowest BCUT2D eigenvalue weighted by Crippen LogP contribution is -2.52. The normalized spacial score (nSPS) is 14.9. The maximum atomic E-state index is 13.1. The van der Waals surface area contributed by atoms with E-state index in [1.165, 1.54) is 0 Å². The number of benzene rings is 2. The molecule has 1 N–H and O–H groups in total. The van der Waals surface area contributed by atoms with Crippen molar-refractivity contribution in [2.75, 3.05) is 6.61 Å². The van der Waals surface area contributed by atoms with Gasteiger partial charge in [0.1, 0.15) is 11.8 Å². The lowest BCUT2D eigenvalue weighted by molar-refractivity contribution is -0.143. The Labute approximate surface area is 173 Å². The zero-order chi connectivity index (χ0) is 20.5. The molecule has 2 amide bonds. The fourth-order valence-electron chi connectivity index (χ4n) is 3.81. The molecule has 154 valence electrons. The van der Waals surface area contributed by atoms with E-state index in [1.807, 2.05) is 67.6 Å². The minimum absolute atomic E-state index is 0.0663. The van der Waals surface area contributed by atoms with Gasteiger partial charge in [0, 0.05) is 12.6 Å². The third-order valence-corrected chi connectivity index (χ3v) is 5.39. The Balaban J connectivity index is 1.72. The van der Waals surface area contributed by atoms with Gasteiger partial charge in [-0.25, -0.2) is 0 Å². The largest absolute Gasteiger partial charge is 0.484 e. The summed E-state index contributed by atoms with van der Waals surface area (Å²) >= 11 is 0. The molecular weight excluding hydrogens is 364 g/mol. The Morgan fingerprint density at radius 1 is 1.03 bits per heavy atom. The fraction of sp³-hybridized carbons (Fsp3) is 0.417. The van der Waals surface area contributed by atoms with Crippen LogP contribution in [0, 0.1) is 0 Å². The second-order valence-corrected chi connectivity index (χ2v) is 7.52. The van der Waals surface area contributed by atoms with Crippen molar-refractivity contribution in [3.05, 3.63) is 66.2 Å². The zero-order valence-corrected chi connectivity index (χ0v) is 17.0. The predicted octanol–water partition coefficient (Wildman–Crippen LogP) is 3.93. The first kappa shape index (κ1) is 20.9. The van der Waals surface area contributed by atoms with E-state index < -0.39 is 6.04 Å². The highest BCUT2D eigenvalue weighted by Gasteiger charge is 2.30. The molecule has 5 nitrogen and oxygen atoms in total. The van der Waals surface area contributed by atoms with Crippen molar-refractivity contribution < 1.29 is 14.3 Å². The zero-order valence-electron chi connectivity index (χ0n) is 17.0. The minimum Gasteiger partial charge on any atom is -0.484 e. The second kappa shape index (κ2) is 10.6. The van der Waals surface area contributed by atoms with E-state index in [2.05, 4.69) is 5.32 Å². The molecule has 0 aliphatic heterocycles. The Hall–Kier alpha value is -2.82. The first-order valence-electron chi connectivity index (χ1n) is 10.5. The molecule has 1 aliphatic rings. The van der Waals surface area contributed by atoms with E-state index in [0.29, 0.717) is 18.7 Å². The monoisotopic (exact) mass is 394 g/mol. The standard InChI is InChI=1S/C24H30N2O3/c1-2-22(24(28)25-20-13-9-10-14-20)26(17-19-11-5-3-6-12-19)23(27)18-29-21-15-7-4-8-16-21/h3-8,11-12,15-16,20,22H,2,9-10,13-14,17-18H2,1H3,(H,25,28). The summed E-state index contributed by atoms with van der Waals surface area (Å²) in [6, 6.07) is 18.8. The van der Waals surface area contributed by atoms with Crippen LogP contribution in [0.25, 0.3) is 0 Å². The van der Waals surface area contributed by atoms with Crippen LogP contribution in [0.5, 0.6) is 5.75 Å². The van der Waals surface area contributed by atoms with E-state index in [1.54, 1.807) is 4.90 Å². The van der Waals surface area contributed by atoms with Crippen LogP contribution in [0.1, 0.15) is 44.6 Å². The van der Waals surface area contributed by atoms with E-state index in [4.69, 9.17) is 4.74 Å². The molecule has 5 heteroatoms. The third-order valence-electron chi connectivity index (χ3n) is 5.39. The van der Waals surface area contributed by atoms with Gasteiger partial charge in [0.25, 0.3) is 5.91 Å². The summed E-state index contributed by atoms with van der Waals surface area (Å²) in [6.45, 7) is 2.24. The predicted molar refractivity (Wildman–Crippen MR) is 113 cm³/mol. The van der Waals surface area contributed by atoms with Crippen LogP contribution in [0.15, 0.2) is 60.7 Å². The molecule has 0 aromatic heterocycles. The average molecular weight is 395 g/mol. The lowest BCUT2D eigenvalue weighted by Gasteiger charge is -2.31. The maximum Gasteiger partial charge on any atom is 0.261 e. The van der Waals surface area contributed by atoms with Crippen molar-refractivity contribution in [1.29, 1.82) is 0 Å². The van der Waals surface area contributed by atoms with Gasteiger partial charge in [-0.3, -0.25) is 9.59 Å². The Morgan fingerprint density at radius 2 is 1.66 bits per heavy atom. The van der Waals surface area contributed by atoms with Crippen molar-refractivity contribution in [2.45, 2.75) is 57.7 Å². The van der Waals surface area contributed by atoms with Crippen LogP contribution >= 0.6 is 0 Å². The van der Waals surface area contributed by atoms with Gasteiger partial charge in [-0.2, -0.15) is 0 Å². The smallest absolute Gasteiger partial charge is 0.261 e. The number of ether oxygens (including phenoxy) is 1. The molecule has 0 spiro atoms. The quantitative estimate of drug-likeness (QED) is 0.701. The molecule has 29 heavy (non-hydrogen) atoms. The van der Waals surface area contributed by atoms with E-state index >= 15 is 0 Å². The summed E-state index contributed by atoms with van der Waals surface area (Å²) < 4.78 is 5.67. The van der Waals surface area contributed by atoms with E-state index in [9.17, 15) is 9.59 Å². The summed E-state index contributed by atoms with van der Waals surface area (Å²) in [5, 5.41) is 3.15. The van der Waals surface area contributed by atoms with Gasteiger partial charge in [0.2, 0.25) is 5.91 Å². The molecule has 0 radical (unpaired) electrons. The second-order valence-electron chi connectivity index (χ2n) is 7.52. The van der Waals surface area contributed by atoms with E-state index in [-0.39, 0.29) is 24.5 Å². The SMILES string of the molecule is CCC(C(=O)NC1CCCC1)N(Cc1ccccc1)C(=O)COc1ccccc1. The van der Waals surface area contributed by atoms with Gasteiger partial charge in [0.05, 0.1) is 0 Å². The number of para-hydroxylation sites is 1. The first-order chi connectivity index (χ1) is 14.2. The highest BCUT2D eigenvalue weighted by Crippen LogP contribution is 2.19. The summed E-state index contributed by atoms with van der Waals surface area (Å²) in [4.78, 5) is 27.7. The van der Waals surface area contributed by atoms with Gasteiger partial charge in [0.15, 0.2) is 6.61 Å². The van der Waals surface area contributed by atoms with Gasteiger partial charge >= 0.3 is 0 Å². The van der Waals surface area contributed by atoms with Gasteiger partial charge in [-0.05, 0) is 37.0 Å². The van der Waals surface area contributed by atoms with Crippen LogP contribution < -0.4 is 10.1 Å². The van der Waals surface area contributed by atoms with Crippen LogP contribution in [-0.2, 0) is 16.1 Å². The van der Waals surface area contributed by atoms with Crippen LogP contribution in [0.2, 0.25) is 0 Å². The highest BCUT2D eigenvalue weighted by atomic mass is 16.5. The molecule has 0 bridgehead atoms. The molecule has 1 unspecified atom stereocenters. The third kappa shape index (κ3) is 6.08. The average Bonchev–Trinajstić information content (AvgIpc) is 3.26. The first-order valence-corrected chi connectivity index (χ1v) is 10.5. The van der Waals surface area contributed by atoms with Crippen LogP contribution in [0.4, 0.5) is 0 Å². The van der Waals surface area contributed by atoms with Crippen molar-refractivity contribution >= 4 is 11.8 Å². The van der Waals surface area contributed by atoms with Gasteiger partial charge in [-0.1, -0.05) is 68.3 Å². The van der Waals surface area contributed by atoms with Crippen molar-refractivity contribution in [3.8, 4) is 5.75 Å². The number of nitrogens with zero attached hydrogens (tertiary/aromatic N) is 1. The Morgan fingerprint density at radius 3 is 2.28 bits per heavy atom. The number of rotatable bonds is 9. The number of hydrogen-bond acceptors (Lipinski definition) is 3. The molecule has 1 saturated carbocycles. The molecular formula is C24H30N2O3. The van der Waals surface area contributed by atoms with Crippen LogP contribution in [0.3, 0.4) is 0 Å². The summed E-state index contributed by atoms with van der Waals surface area (Å²) in [6.07, 6.45) is 4.90. The Kier molecular flexibility index (Phi) is 7.68. The molecule has 2 aromatic rings. The lowest BCUT2D eigenvalue weighted by atomic mass is 10.1. The molecule has 0 saturated heterocycles. The molecule has 0 heterocycles. The fourth-order valence-corrected chi connectivity index (χ4v) is 3.81. The Bertz CT molecular complexity index is 773. The summed E-state index contributed by atoms with van der Waals surface area (Å²) in [7, 11) is 0. The number of hydrogen-bond donors (Lipinski definition) is 1. The molecule has 3 rings (SSSR count). The van der Waals surface area contributed by atoms with Crippen molar-refractivity contribution in [1.82, 2.24) is 10.2 Å². The number of carbonyl (C=O) groups is 2. The minimum atomic E-state index is -0.511. The van der Waals surface area contributed by atoms with Crippen molar-refractivity contribution in [2.24, 2.45) is 0 Å². The molecule has 2 aromatic carbocycles. The topological polar surface area (TPSA) is 58.6 Å². The number of carbonyl (C=O) groups excluding carboxylic acids is 2. The highest BCUT2D eigenvalue weighted by molar-refractivity contribution is 5.88. The maximum absolute atomic E-state index is 13.1. The number of amides is 2.